The number of carbonyl (C=O) groups excluding carboxylic acids is 2. The van der Waals surface area contributed by atoms with Crippen LogP contribution < -0.4 is 10.2 Å². The molecule has 0 bridgehead atoms. The summed E-state index contributed by atoms with van der Waals surface area (Å²) >= 11 is 1.51. The van der Waals surface area contributed by atoms with Crippen LogP contribution in [0.5, 0.6) is 0 Å². The molecular formula is C14H21N2O3S+. The van der Waals surface area contributed by atoms with Gasteiger partial charge in [0.1, 0.15) is 11.5 Å². The monoisotopic (exact) mass is 297 g/mol. The topological polar surface area (TPSA) is 59.8 Å². The van der Waals surface area contributed by atoms with Gasteiger partial charge in [-0.3, -0.25) is 4.79 Å². The van der Waals surface area contributed by atoms with Crippen LogP contribution in [0.25, 0.3) is 0 Å². The molecule has 0 aliphatic carbocycles. The Labute approximate surface area is 122 Å². The summed E-state index contributed by atoms with van der Waals surface area (Å²) in [5.41, 5.74) is 1.62. The van der Waals surface area contributed by atoms with Crippen LogP contribution in [0, 0.1) is 0 Å². The van der Waals surface area contributed by atoms with Gasteiger partial charge in [0.25, 0.3) is 0 Å². The Morgan fingerprint density at radius 3 is 2.75 bits per heavy atom. The molecule has 0 spiro atoms. The molecule has 2 heterocycles. The lowest BCUT2D eigenvalue weighted by molar-refractivity contribution is -0.913. The van der Waals surface area contributed by atoms with Gasteiger partial charge >= 0.3 is 5.97 Å². The number of hydrogen-bond donors (Lipinski definition) is 2. The molecule has 20 heavy (non-hydrogen) atoms. The van der Waals surface area contributed by atoms with E-state index in [2.05, 4.69) is 12.2 Å². The molecule has 0 saturated heterocycles. The van der Waals surface area contributed by atoms with E-state index in [0.717, 1.165) is 31.6 Å². The van der Waals surface area contributed by atoms with E-state index in [1.165, 1.54) is 28.2 Å². The number of anilines is 1. The molecule has 110 valence electrons. The summed E-state index contributed by atoms with van der Waals surface area (Å²) in [5.74, 6) is -0.428. The van der Waals surface area contributed by atoms with Crippen LogP contribution in [-0.4, -0.2) is 32.1 Å². The normalized spacial score (nSPS) is 17.4. The second-order valence-electron chi connectivity index (χ2n) is 4.88. The van der Waals surface area contributed by atoms with Crippen LogP contribution in [0.3, 0.4) is 0 Å². The van der Waals surface area contributed by atoms with Crippen molar-refractivity contribution in [2.45, 2.75) is 33.2 Å². The van der Waals surface area contributed by atoms with Crippen molar-refractivity contribution in [2.75, 3.05) is 25.5 Å². The first-order valence-corrected chi connectivity index (χ1v) is 7.78. The van der Waals surface area contributed by atoms with E-state index in [4.69, 9.17) is 4.74 Å². The predicted molar refractivity (Wildman–Crippen MR) is 78.4 cm³/mol. The van der Waals surface area contributed by atoms with Crippen molar-refractivity contribution in [1.29, 1.82) is 0 Å². The Hall–Kier alpha value is -1.40. The molecule has 0 radical (unpaired) electrons. The van der Waals surface area contributed by atoms with Gasteiger partial charge in [-0.15, -0.1) is 11.3 Å². The van der Waals surface area contributed by atoms with Crippen molar-refractivity contribution >= 4 is 28.2 Å². The summed E-state index contributed by atoms with van der Waals surface area (Å²) in [5, 5.41) is 3.48. The fourth-order valence-corrected chi connectivity index (χ4v) is 3.78. The van der Waals surface area contributed by atoms with Gasteiger partial charge in [-0.1, -0.05) is 6.92 Å². The van der Waals surface area contributed by atoms with E-state index in [0.29, 0.717) is 17.0 Å². The zero-order chi connectivity index (χ0) is 14.7. The Morgan fingerprint density at radius 1 is 1.40 bits per heavy atom. The maximum Gasteiger partial charge on any atom is 0.341 e. The Morgan fingerprint density at radius 2 is 2.15 bits per heavy atom. The molecule has 5 nitrogen and oxygen atoms in total. The third-order valence-electron chi connectivity index (χ3n) is 3.69. The van der Waals surface area contributed by atoms with E-state index >= 15 is 0 Å². The van der Waals surface area contributed by atoms with E-state index < -0.39 is 0 Å². The minimum Gasteiger partial charge on any atom is -0.465 e. The molecule has 1 atom stereocenters. The van der Waals surface area contributed by atoms with Crippen LogP contribution in [0.15, 0.2) is 0 Å². The number of methoxy groups -OCH3 is 1. The highest BCUT2D eigenvalue weighted by atomic mass is 32.1. The number of thiophene rings is 1. The molecule has 0 aromatic carbocycles. The fourth-order valence-electron chi connectivity index (χ4n) is 2.46. The van der Waals surface area contributed by atoms with Crippen LogP contribution in [0.2, 0.25) is 0 Å². The molecule has 2 rings (SSSR count). The van der Waals surface area contributed by atoms with E-state index in [1.54, 1.807) is 6.92 Å². The van der Waals surface area contributed by atoms with Crippen molar-refractivity contribution in [3.63, 3.8) is 0 Å². The molecule has 1 amide bonds. The number of rotatable bonds is 4. The molecular weight excluding hydrogens is 276 g/mol. The molecule has 1 aromatic heterocycles. The largest absolute Gasteiger partial charge is 0.465 e. The molecule has 6 heteroatoms. The smallest absolute Gasteiger partial charge is 0.341 e. The lowest BCUT2D eigenvalue weighted by Gasteiger charge is -2.22. The van der Waals surface area contributed by atoms with Gasteiger partial charge in [0.15, 0.2) is 0 Å². The molecule has 1 unspecified atom stereocenters. The summed E-state index contributed by atoms with van der Waals surface area (Å²) in [6.07, 6.45) is 1.26. The highest BCUT2D eigenvalue weighted by Gasteiger charge is 2.30. The second kappa shape index (κ2) is 6.37. The SMILES string of the molecule is CCC(=O)Nc1sc2c(c1C(=O)OC)CC[NH+](CC)C2. The van der Waals surface area contributed by atoms with Crippen LogP contribution in [0.1, 0.15) is 41.1 Å². The highest BCUT2D eigenvalue weighted by Crippen LogP contribution is 2.35. The van der Waals surface area contributed by atoms with Crippen LogP contribution in [0.4, 0.5) is 5.00 Å². The molecule has 0 saturated carbocycles. The number of nitrogens with one attached hydrogen (secondary N) is 2. The summed E-state index contributed by atoms with van der Waals surface area (Å²) in [4.78, 5) is 26.3. The lowest BCUT2D eigenvalue weighted by atomic mass is 10.0. The van der Waals surface area contributed by atoms with Crippen LogP contribution in [-0.2, 0) is 22.5 Å². The summed E-state index contributed by atoms with van der Waals surface area (Å²) < 4.78 is 4.88. The third-order valence-corrected chi connectivity index (χ3v) is 4.84. The number of esters is 1. The van der Waals surface area contributed by atoms with Gasteiger partial charge < -0.3 is 15.0 Å². The minimum atomic E-state index is -0.353. The maximum atomic E-state index is 12.0. The number of fused-ring (bicyclic) bond motifs is 1. The van der Waals surface area contributed by atoms with Crippen molar-refractivity contribution in [2.24, 2.45) is 0 Å². The first-order chi connectivity index (χ1) is 9.60. The first-order valence-electron chi connectivity index (χ1n) is 6.96. The zero-order valence-electron chi connectivity index (χ0n) is 12.2. The molecule has 0 fully saturated rings. The zero-order valence-corrected chi connectivity index (χ0v) is 13.0. The third kappa shape index (κ3) is 2.86. The number of carbonyl (C=O) groups is 2. The van der Waals surface area contributed by atoms with Crippen molar-refractivity contribution in [3.8, 4) is 0 Å². The Balaban J connectivity index is 2.38. The molecule has 1 aliphatic heterocycles. The lowest BCUT2D eigenvalue weighted by Crippen LogP contribution is -3.11. The van der Waals surface area contributed by atoms with Gasteiger partial charge in [0, 0.05) is 12.8 Å². The Bertz CT molecular complexity index is 525. The van der Waals surface area contributed by atoms with E-state index in [9.17, 15) is 9.59 Å². The molecule has 2 N–H and O–H groups in total. The summed E-state index contributed by atoms with van der Waals surface area (Å²) in [7, 11) is 1.38. The van der Waals surface area contributed by atoms with Gasteiger partial charge in [0.05, 0.1) is 30.6 Å². The van der Waals surface area contributed by atoms with Crippen molar-refractivity contribution in [1.82, 2.24) is 0 Å². The predicted octanol–water partition coefficient (Wildman–Crippen LogP) is 0.844. The van der Waals surface area contributed by atoms with Gasteiger partial charge in [-0.05, 0) is 12.5 Å². The number of quaternary nitrogens is 1. The van der Waals surface area contributed by atoms with Gasteiger partial charge in [-0.2, -0.15) is 0 Å². The van der Waals surface area contributed by atoms with Gasteiger partial charge in [0.2, 0.25) is 5.91 Å². The van der Waals surface area contributed by atoms with Crippen LogP contribution >= 0.6 is 11.3 Å². The number of likely N-dealkylation sites (N-methyl/N-ethyl adjacent to an activating group) is 1. The van der Waals surface area contributed by atoms with E-state index in [-0.39, 0.29) is 11.9 Å². The second-order valence-corrected chi connectivity index (χ2v) is 5.99. The molecule has 1 aromatic rings. The minimum absolute atomic E-state index is 0.0755. The highest BCUT2D eigenvalue weighted by molar-refractivity contribution is 7.17. The van der Waals surface area contributed by atoms with Gasteiger partial charge in [-0.25, -0.2) is 4.79 Å². The number of amides is 1. The average Bonchev–Trinajstić information content (AvgIpc) is 2.82. The van der Waals surface area contributed by atoms with Crippen molar-refractivity contribution < 1.29 is 19.2 Å². The van der Waals surface area contributed by atoms with E-state index in [1.807, 2.05) is 0 Å². The molecule has 1 aliphatic rings. The number of hydrogen-bond acceptors (Lipinski definition) is 4. The fraction of sp³-hybridized carbons (Fsp3) is 0.571. The maximum absolute atomic E-state index is 12.0. The standard InChI is InChI=1S/C14H20N2O3S/c1-4-11(17)15-13-12(14(18)19-3)9-6-7-16(5-2)8-10(9)20-13/h4-8H2,1-3H3,(H,15,17)/p+1. The quantitative estimate of drug-likeness (QED) is 0.810. The summed E-state index contributed by atoms with van der Waals surface area (Å²) in [6.45, 7) is 6.97. The van der Waals surface area contributed by atoms with Crippen molar-refractivity contribution in [3.05, 3.63) is 16.0 Å². The number of ether oxygens (including phenoxy) is 1. The average molecular weight is 297 g/mol. The summed E-state index contributed by atoms with van der Waals surface area (Å²) in [6, 6.07) is 0. The first kappa shape index (κ1) is 15.0. The Kier molecular flexibility index (Phi) is 4.77.